The number of nitriles is 2. The molecule has 0 aliphatic rings. The lowest BCUT2D eigenvalue weighted by Gasteiger charge is -2.07. The van der Waals surface area contributed by atoms with Crippen LogP contribution in [-0.2, 0) is 0 Å². The van der Waals surface area contributed by atoms with Gasteiger partial charge in [-0.15, -0.1) is 0 Å². The van der Waals surface area contributed by atoms with Crippen molar-refractivity contribution in [3.05, 3.63) is 65.7 Å². The maximum atomic E-state index is 12.4. The summed E-state index contributed by atoms with van der Waals surface area (Å²) >= 11 is 0. The first kappa shape index (κ1) is 14.0. The number of hydrogen-bond donors (Lipinski definition) is 1. The molecule has 0 radical (unpaired) electrons. The van der Waals surface area contributed by atoms with Crippen molar-refractivity contribution in [1.82, 2.24) is 0 Å². The van der Waals surface area contributed by atoms with Gasteiger partial charge < -0.3 is 0 Å². The van der Waals surface area contributed by atoms with Crippen LogP contribution >= 0.6 is 0 Å². The average Bonchev–Trinajstić information content (AvgIpc) is 2.56. The van der Waals surface area contributed by atoms with Gasteiger partial charge >= 0.3 is 0 Å². The predicted octanol–water partition coefficient (Wildman–Crippen LogP) is 2.73. The van der Waals surface area contributed by atoms with Crippen molar-refractivity contribution in [3.63, 3.8) is 0 Å². The Morgan fingerprint density at radius 2 is 1.57 bits per heavy atom. The zero-order valence-electron chi connectivity index (χ0n) is 10.9. The number of carbonyl (C=O) groups is 1. The second-order valence-corrected chi connectivity index (χ2v) is 4.04. The fourth-order valence-electron chi connectivity index (χ4n) is 1.71. The molecule has 0 unspecified atom stereocenters. The van der Waals surface area contributed by atoms with E-state index in [1.165, 1.54) is 0 Å². The second kappa shape index (κ2) is 6.65. The van der Waals surface area contributed by atoms with E-state index in [2.05, 4.69) is 10.5 Å². The van der Waals surface area contributed by atoms with Crippen LogP contribution in [0.15, 0.2) is 59.7 Å². The Hall–Kier alpha value is -3.44. The minimum Gasteiger partial charge on any atom is -0.289 e. The van der Waals surface area contributed by atoms with E-state index in [4.69, 9.17) is 10.5 Å². The number of ketones is 1. The third-order valence-electron chi connectivity index (χ3n) is 2.71. The summed E-state index contributed by atoms with van der Waals surface area (Å²) < 4.78 is 0. The number of para-hydroxylation sites is 1. The van der Waals surface area contributed by atoms with E-state index >= 15 is 0 Å². The number of rotatable bonds is 4. The Balaban J connectivity index is 2.35. The molecule has 2 aromatic rings. The lowest BCUT2D eigenvalue weighted by Crippen LogP contribution is -2.06. The Morgan fingerprint density at radius 1 is 0.952 bits per heavy atom. The van der Waals surface area contributed by atoms with E-state index in [0.717, 1.165) is 0 Å². The summed E-state index contributed by atoms with van der Waals surface area (Å²) in [7, 11) is 0. The van der Waals surface area contributed by atoms with Crippen molar-refractivity contribution in [2.45, 2.75) is 0 Å². The fraction of sp³-hybridized carbons (Fsp3) is 0. The van der Waals surface area contributed by atoms with Gasteiger partial charge in [-0.2, -0.15) is 15.6 Å². The summed E-state index contributed by atoms with van der Waals surface area (Å²) in [6.45, 7) is 0. The SMILES string of the molecule is N#CC(C#N)=NNc1ccccc1C(=O)c1ccccc1. The minimum absolute atomic E-state index is 0.163. The molecule has 100 valence electrons. The molecule has 2 aromatic carbocycles. The highest BCUT2D eigenvalue weighted by molar-refractivity contribution is 6.13. The summed E-state index contributed by atoms with van der Waals surface area (Å²) in [5.74, 6) is -0.163. The average molecular weight is 274 g/mol. The molecule has 0 fully saturated rings. The van der Waals surface area contributed by atoms with Crippen LogP contribution in [0.3, 0.4) is 0 Å². The van der Waals surface area contributed by atoms with Crippen molar-refractivity contribution in [1.29, 1.82) is 10.5 Å². The summed E-state index contributed by atoms with van der Waals surface area (Å²) in [6, 6.07) is 18.9. The van der Waals surface area contributed by atoms with Gasteiger partial charge in [-0.05, 0) is 12.1 Å². The van der Waals surface area contributed by atoms with Crippen LogP contribution in [0.25, 0.3) is 0 Å². The predicted molar refractivity (Wildman–Crippen MR) is 78.6 cm³/mol. The summed E-state index contributed by atoms with van der Waals surface area (Å²) in [5.41, 5.74) is 3.69. The maximum absolute atomic E-state index is 12.4. The number of hydrazone groups is 1. The number of nitrogens with one attached hydrogen (secondary N) is 1. The molecule has 0 saturated carbocycles. The first-order valence-electron chi connectivity index (χ1n) is 6.09. The highest BCUT2D eigenvalue weighted by Crippen LogP contribution is 2.19. The third-order valence-corrected chi connectivity index (χ3v) is 2.71. The largest absolute Gasteiger partial charge is 0.289 e. The second-order valence-electron chi connectivity index (χ2n) is 4.04. The molecule has 0 bridgehead atoms. The van der Waals surface area contributed by atoms with Crippen molar-refractivity contribution in [2.75, 3.05) is 5.43 Å². The molecule has 0 saturated heterocycles. The summed E-state index contributed by atoms with van der Waals surface area (Å²) in [5, 5.41) is 21.0. The molecule has 21 heavy (non-hydrogen) atoms. The van der Waals surface area contributed by atoms with E-state index < -0.39 is 0 Å². The molecule has 5 heteroatoms. The lowest BCUT2D eigenvalue weighted by molar-refractivity contribution is 0.103. The number of hydrogen-bond acceptors (Lipinski definition) is 5. The Bertz CT molecular complexity index is 751. The van der Waals surface area contributed by atoms with Crippen LogP contribution in [-0.4, -0.2) is 11.5 Å². The first-order valence-corrected chi connectivity index (χ1v) is 6.09. The molecule has 0 spiro atoms. The first-order chi connectivity index (χ1) is 10.3. The number of carbonyl (C=O) groups excluding carboxylic acids is 1. The fourth-order valence-corrected chi connectivity index (χ4v) is 1.71. The van der Waals surface area contributed by atoms with Crippen molar-refractivity contribution >= 4 is 17.2 Å². The van der Waals surface area contributed by atoms with Crippen molar-refractivity contribution < 1.29 is 4.79 Å². The molecule has 0 aromatic heterocycles. The lowest BCUT2D eigenvalue weighted by atomic mass is 10.0. The third kappa shape index (κ3) is 3.31. The van der Waals surface area contributed by atoms with Gasteiger partial charge in [0.05, 0.1) is 5.69 Å². The maximum Gasteiger partial charge on any atom is 0.237 e. The van der Waals surface area contributed by atoms with Gasteiger partial charge in [0.1, 0.15) is 12.1 Å². The van der Waals surface area contributed by atoms with Gasteiger partial charge in [0.2, 0.25) is 5.71 Å². The van der Waals surface area contributed by atoms with Crippen molar-refractivity contribution in [2.24, 2.45) is 5.10 Å². The van der Waals surface area contributed by atoms with Crippen LogP contribution in [0.4, 0.5) is 5.69 Å². The molecule has 1 N–H and O–H groups in total. The Kier molecular flexibility index (Phi) is 4.42. The topological polar surface area (TPSA) is 89.0 Å². The summed E-state index contributed by atoms with van der Waals surface area (Å²) in [4.78, 5) is 12.4. The highest BCUT2D eigenvalue weighted by Gasteiger charge is 2.12. The van der Waals surface area contributed by atoms with Gasteiger partial charge in [-0.1, -0.05) is 42.5 Å². The monoisotopic (exact) mass is 274 g/mol. The molecule has 0 aliphatic carbocycles. The van der Waals surface area contributed by atoms with E-state index in [0.29, 0.717) is 16.8 Å². The molecule has 0 amide bonds. The Labute approximate surface area is 121 Å². The standard InChI is InChI=1S/C16H10N4O/c17-10-13(11-18)19-20-15-9-5-4-8-14(15)16(21)12-6-2-1-3-7-12/h1-9,20H. The van der Waals surface area contributed by atoms with Gasteiger partial charge in [-0.3, -0.25) is 10.2 Å². The summed E-state index contributed by atoms with van der Waals surface area (Å²) in [6.07, 6.45) is 0. The van der Waals surface area contributed by atoms with Crippen molar-refractivity contribution in [3.8, 4) is 12.1 Å². The Morgan fingerprint density at radius 3 is 2.24 bits per heavy atom. The van der Waals surface area contributed by atoms with Crippen LogP contribution in [0.5, 0.6) is 0 Å². The normalized spacial score (nSPS) is 9.05. The highest BCUT2D eigenvalue weighted by atomic mass is 16.1. The smallest absolute Gasteiger partial charge is 0.237 e. The van der Waals surface area contributed by atoms with Crippen LogP contribution in [0.1, 0.15) is 15.9 Å². The van der Waals surface area contributed by atoms with Gasteiger partial charge in [0.25, 0.3) is 0 Å². The minimum atomic E-state index is -0.308. The molecule has 0 aliphatic heterocycles. The number of benzene rings is 2. The van der Waals surface area contributed by atoms with Gasteiger partial charge in [-0.25, -0.2) is 0 Å². The van der Waals surface area contributed by atoms with Crippen LogP contribution in [0, 0.1) is 22.7 Å². The van der Waals surface area contributed by atoms with E-state index in [9.17, 15) is 4.79 Å². The molecule has 0 heterocycles. The molecule has 5 nitrogen and oxygen atoms in total. The molecular formula is C16H10N4O. The number of nitrogens with zero attached hydrogens (tertiary/aromatic N) is 3. The zero-order chi connectivity index (χ0) is 15.1. The van der Waals surface area contributed by atoms with Crippen LogP contribution in [0.2, 0.25) is 0 Å². The zero-order valence-corrected chi connectivity index (χ0v) is 10.9. The number of anilines is 1. The molecule has 2 rings (SSSR count). The van der Waals surface area contributed by atoms with E-state index in [1.807, 2.05) is 6.07 Å². The quantitative estimate of drug-likeness (QED) is 0.527. The molecular weight excluding hydrogens is 264 g/mol. The van der Waals surface area contributed by atoms with E-state index in [1.54, 1.807) is 60.7 Å². The van der Waals surface area contributed by atoms with Gasteiger partial charge in [0, 0.05) is 11.1 Å². The van der Waals surface area contributed by atoms with Gasteiger partial charge in [0.15, 0.2) is 5.78 Å². The van der Waals surface area contributed by atoms with Crippen LogP contribution < -0.4 is 5.43 Å². The molecule has 0 atom stereocenters. The van der Waals surface area contributed by atoms with E-state index in [-0.39, 0.29) is 11.5 Å².